The van der Waals surface area contributed by atoms with Crippen LogP contribution in [0.5, 0.6) is 0 Å². The van der Waals surface area contributed by atoms with Crippen LogP contribution in [0.4, 0.5) is 22.0 Å². The largest absolute Gasteiger partial charge is 0.458 e. The van der Waals surface area contributed by atoms with Crippen molar-refractivity contribution in [2.45, 2.75) is 32.9 Å². The van der Waals surface area contributed by atoms with Crippen LogP contribution in [0.1, 0.15) is 26.3 Å². The molecule has 1 aromatic carbocycles. The number of alkyl halides is 5. The Bertz CT molecular complexity index is 735. The van der Waals surface area contributed by atoms with Crippen molar-refractivity contribution in [2.24, 2.45) is 0 Å². The molecule has 0 atom stereocenters. The second-order valence-electron chi connectivity index (χ2n) is 4.98. The van der Waals surface area contributed by atoms with E-state index in [1.54, 1.807) is 18.2 Å². The van der Waals surface area contributed by atoms with Crippen LogP contribution < -0.4 is 0 Å². The molecule has 0 aliphatic rings. The third kappa shape index (κ3) is 5.16. The first-order chi connectivity index (χ1) is 12.0. The zero-order chi connectivity index (χ0) is 20.0. The summed E-state index contributed by atoms with van der Waals surface area (Å²) in [6.07, 6.45) is -5.92. The van der Waals surface area contributed by atoms with Crippen molar-refractivity contribution in [2.75, 3.05) is 13.2 Å². The number of benzene rings is 1. The van der Waals surface area contributed by atoms with Gasteiger partial charge in [0.05, 0.1) is 24.1 Å². The molecule has 1 aromatic rings. The van der Waals surface area contributed by atoms with Gasteiger partial charge in [-0.2, -0.15) is 22.0 Å². The van der Waals surface area contributed by atoms with Crippen molar-refractivity contribution < 1.29 is 35.6 Å². The molecule has 0 saturated carbocycles. The van der Waals surface area contributed by atoms with Gasteiger partial charge in [0.1, 0.15) is 0 Å². The second kappa shape index (κ2) is 8.81. The number of rotatable bonds is 6. The fourth-order valence-electron chi connectivity index (χ4n) is 1.90. The molecule has 0 amide bonds. The molecule has 0 unspecified atom stereocenters. The highest BCUT2D eigenvalue weighted by Crippen LogP contribution is 2.59. The van der Waals surface area contributed by atoms with Crippen molar-refractivity contribution in [3.63, 3.8) is 0 Å². The summed E-state index contributed by atoms with van der Waals surface area (Å²) in [4.78, 5) is 0. The lowest BCUT2D eigenvalue weighted by molar-refractivity contribution is -0.262. The highest BCUT2D eigenvalue weighted by molar-refractivity contribution is 7.58. The minimum atomic E-state index is -5.92. The molecule has 0 saturated heterocycles. The van der Waals surface area contributed by atoms with Gasteiger partial charge in [-0.1, -0.05) is 30.0 Å². The van der Waals surface area contributed by atoms with E-state index < -0.39 is 30.6 Å². The van der Waals surface area contributed by atoms with Crippen LogP contribution in [0.2, 0.25) is 0 Å². The predicted molar refractivity (Wildman–Crippen MR) is 87.9 cm³/mol. The Balaban J connectivity index is 3.64. The molecule has 0 aromatic heterocycles. The molecule has 3 nitrogen and oxygen atoms in total. The summed E-state index contributed by atoms with van der Waals surface area (Å²) in [5.41, 5.74) is -1.42. The maximum Gasteiger partial charge on any atom is 0.458 e. The minimum absolute atomic E-state index is 0.203. The van der Waals surface area contributed by atoms with Crippen LogP contribution in [-0.4, -0.2) is 25.3 Å². The predicted octanol–water partition coefficient (Wildman–Crippen LogP) is 5.78. The maximum absolute atomic E-state index is 14.0. The monoisotopic (exact) mass is 396 g/mol. The SMILES string of the molecule is CCOP(=O)(OCC)/C(C)=C(/C#Cc1ccccc1)C(F)(F)C(F)(F)F. The molecule has 0 aliphatic carbocycles. The van der Waals surface area contributed by atoms with Crippen LogP contribution in [-0.2, 0) is 13.6 Å². The Kier molecular flexibility index (Phi) is 7.57. The van der Waals surface area contributed by atoms with Gasteiger partial charge in [-0.25, -0.2) is 0 Å². The molecule has 9 heteroatoms. The summed E-state index contributed by atoms with van der Waals surface area (Å²) in [7, 11) is -4.36. The molecule has 0 heterocycles. The van der Waals surface area contributed by atoms with E-state index in [2.05, 4.69) is 5.92 Å². The summed E-state index contributed by atoms with van der Waals surface area (Å²) >= 11 is 0. The van der Waals surface area contributed by atoms with Gasteiger partial charge in [0.2, 0.25) is 0 Å². The number of hydrogen-bond donors (Lipinski definition) is 0. The van der Waals surface area contributed by atoms with Crippen molar-refractivity contribution in [1.82, 2.24) is 0 Å². The van der Waals surface area contributed by atoms with E-state index in [4.69, 9.17) is 9.05 Å². The highest BCUT2D eigenvalue weighted by Gasteiger charge is 2.61. The second-order valence-corrected chi connectivity index (χ2v) is 7.16. The molecule has 0 spiro atoms. The molecule has 0 fully saturated rings. The van der Waals surface area contributed by atoms with E-state index in [9.17, 15) is 26.5 Å². The first-order valence-corrected chi connectivity index (χ1v) is 9.16. The molecular formula is C17H18F5O3P. The Morgan fingerprint density at radius 3 is 1.96 bits per heavy atom. The molecule has 0 radical (unpaired) electrons. The third-order valence-corrected chi connectivity index (χ3v) is 5.39. The van der Waals surface area contributed by atoms with Gasteiger partial charge in [-0.15, -0.1) is 0 Å². The van der Waals surface area contributed by atoms with Gasteiger partial charge in [0.25, 0.3) is 0 Å². The van der Waals surface area contributed by atoms with Crippen molar-refractivity contribution in [1.29, 1.82) is 0 Å². The van der Waals surface area contributed by atoms with E-state index in [1.807, 2.05) is 5.92 Å². The Morgan fingerprint density at radius 2 is 1.54 bits per heavy atom. The minimum Gasteiger partial charge on any atom is -0.306 e. The molecular weight excluding hydrogens is 378 g/mol. The van der Waals surface area contributed by atoms with E-state index in [-0.39, 0.29) is 18.8 Å². The van der Waals surface area contributed by atoms with Gasteiger partial charge in [-0.05, 0) is 32.9 Å². The maximum atomic E-state index is 14.0. The Labute approximate surface area is 148 Å². The van der Waals surface area contributed by atoms with Crippen LogP contribution in [0.3, 0.4) is 0 Å². The zero-order valence-corrected chi connectivity index (χ0v) is 15.3. The van der Waals surface area contributed by atoms with Crippen LogP contribution in [0, 0.1) is 11.8 Å². The van der Waals surface area contributed by atoms with Crippen LogP contribution in [0.25, 0.3) is 0 Å². The first kappa shape index (κ1) is 22.4. The van der Waals surface area contributed by atoms with Gasteiger partial charge in [0.15, 0.2) is 0 Å². The summed E-state index contributed by atoms with van der Waals surface area (Å²) in [6, 6.07) is 7.61. The van der Waals surface area contributed by atoms with Crippen LogP contribution >= 0.6 is 7.60 Å². The highest BCUT2D eigenvalue weighted by atomic mass is 31.2. The topological polar surface area (TPSA) is 35.5 Å². The third-order valence-electron chi connectivity index (χ3n) is 3.15. The lowest BCUT2D eigenvalue weighted by atomic mass is 10.1. The van der Waals surface area contributed by atoms with Gasteiger partial charge < -0.3 is 9.05 Å². The number of hydrogen-bond acceptors (Lipinski definition) is 3. The summed E-state index contributed by atoms with van der Waals surface area (Å²) < 4.78 is 89.2. The molecule has 0 bridgehead atoms. The Morgan fingerprint density at radius 1 is 1.04 bits per heavy atom. The smallest absolute Gasteiger partial charge is 0.306 e. The number of halogens is 5. The lowest BCUT2D eigenvalue weighted by Gasteiger charge is -2.24. The van der Waals surface area contributed by atoms with Crippen molar-refractivity contribution in [3.05, 3.63) is 46.8 Å². The lowest BCUT2D eigenvalue weighted by Crippen LogP contribution is -2.38. The fraction of sp³-hybridized carbons (Fsp3) is 0.412. The zero-order valence-electron chi connectivity index (χ0n) is 14.4. The van der Waals surface area contributed by atoms with Gasteiger partial charge in [0, 0.05) is 5.56 Å². The first-order valence-electron chi connectivity index (χ1n) is 7.62. The van der Waals surface area contributed by atoms with Gasteiger partial charge >= 0.3 is 19.7 Å². The molecule has 26 heavy (non-hydrogen) atoms. The molecule has 1 rings (SSSR count). The van der Waals surface area contributed by atoms with E-state index in [0.29, 0.717) is 0 Å². The molecule has 144 valence electrons. The summed E-state index contributed by atoms with van der Waals surface area (Å²) in [5, 5.41) is -0.869. The molecule has 0 aliphatic heterocycles. The van der Waals surface area contributed by atoms with E-state index in [1.165, 1.54) is 26.0 Å². The average molecular weight is 396 g/mol. The summed E-state index contributed by atoms with van der Waals surface area (Å²) in [5.74, 6) is -1.24. The van der Waals surface area contributed by atoms with E-state index >= 15 is 0 Å². The van der Waals surface area contributed by atoms with Crippen molar-refractivity contribution in [3.8, 4) is 11.8 Å². The van der Waals surface area contributed by atoms with Crippen molar-refractivity contribution >= 4 is 7.60 Å². The molecule has 0 N–H and O–H groups in total. The average Bonchev–Trinajstić information content (AvgIpc) is 2.55. The van der Waals surface area contributed by atoms with Gasteiger partial charge in [-0.3, -0.25) is 4.57 Å². The summed E-state index contributed by atoms with van der Waals surface area (Å²) in [6.45, 7) is 3.27. The van der Waals surface area contributed by atoms with E-state index in [0.717, 1.165) is 6.92 Å². The number of allylic oxidation sites excluding steroid dienone is 2. The quantitative estimate of drug-likeness (QED) is 0.348. The fourth-order valence-corrected chi connectivity index (χ4v) is 3.51. The standard InChI is InChI=1S/C17H18F5O3P/c1-4-24-26(23,25-5-2)13(3)15(16(18,19)17(20,21)22)12-11-14-9-7-6-8-10-14/h6-10H,4-5H2,1-3H3/b15-13-. The van der Waals surface area contributed by atoms with Crippen LogP contribution in [0.15, 0.2) is 41.2 Å². The Hall–Kier alpha value is -1.68. The normalized spacial score (nSPS) is 13.7.